The number of fused-ring (bicyclic) bond motifs is 3. The number of aryl methyl sites for hydroxylation is 2. The average molecular weight is 617 g/mol. The molecule has 4 aromatic carbocycles. The van der Waals surface area contributed by atoms with Crippen LogP contribution in [0.1, 0.15) is 27.0 Å². The Morgan fingerprint density at radius 3 is 2.04 bits per heavy atom. The van der Waals surface area contributed by atoms with E-state index in [0.717, 1.165) is 27.3 Å². The molecule has 2 aliphatic heterocycles. The largest absolute Gasteiger partial charge is 0.450 e. The first-order valence-electron chi connectivity index (χ1n) is 15.0. The minimum Gasteiger partial charge on any atom is -0.450 e. The predicted octanol–water partition coefficient (Wildman–Crippen LogP) is 4.98. The van der Waals surface area contributed by atoms with Crippen LogP contribution >= 0.6 is 0 Å². The van der Waals surface area contributed by atoms with Crippen molar-refractivity contribution >= 4 is 33.5 Å². The third kappa shape index (κ3) is 7.85. The molecular formula is C35H36O10. The number of carbonyl (C=O) groups is 2. The third-order valence-electron chi connectivity index (χ3n) is 7.88. The number of hydrogen-bond donors (Lipinski definition) is 0. The van der Waals surface area contributed by atoms with Crippen LogP contribution in [0.15, 0.2) is 72.8 Å². The summed E-state index contributed by atoms with van der Waals surface area (Å²) >= 11 is 0. The molecular weight excluding hydrogens is 580 g/mol. The van der Waals surface area contributed by atoms with Gasteiger partial charge in [-0.15, -0.1) is 0 Å². The van der Waals surface area contributed by atoms with Crippen LogP contribution in [0.5, 0.6) is 0 Å². The number of rotatable bonds is 13. The van der Waals surface area contributed by atoms with E-state index < -0.39 is 24.6 Å². The van der Waals surface area contributed by atoms with Gasteiger partial charge in [0, 0.05) is 0 Å². The van der Waals surface area contributed by atoms with E-state index in [0.29, 0.717) is 25.4 Å². The van der Waals surface area contributed by atoms with E-state index >= 15 is 0 Å². The van der Waals surface area contributed by atoms with Crippen LogP contribution in [0.2, 0.25) is 0 Å². The van der Waals surface area contributed by atoms with Crippen molar-refractivity contribution in [1.29, 1.82) is 0 Å². The Balaban J connectivity index is 0.843. The van der Waals surface area contributed by atoms with E-state index in [1.807, 2.05) is 37.3 Å². The molecule has 2 saturated heterocycles. The molecule has 2 aliphatic rings. The van der Waals surface area contributed by atoms with Gasteiger partial charge in [0.15, 0.2) is 13.4 Å². The van der Waals surface area contributed by atoms with E-state index in [1.54, 1.807) is 12.1 Å². The number of benzene rings is 4. The van der Waals surface area contributed by atoms with Crippen molar-refractivity contribution in [3.8, 4) is 0 Å². The fraction of sp³-hybridized carbons (Fsp3) is 0.371. The molecule has 4 atom stereocenters. The fourth-order valence-corrected chi connectivity index (χ4v) is 5.55. The lowest BCUT2D eigenvalue weighted by atomic mass is 10.0. The molecule has 0 saturated carbocycles. The van der Waals surface area contributed by atoms with E-state index in [4.69, 9.17) is 38.2 Å². The van der Waals surface area contributed by atoms with Gasteiger partial charge in [0.2, 0.25) is 0 Å². The maximum absolute atomic E-state index is 12.4. The summed E-state index contributed by atoms with van der Waals surface area (Å²) in [5, 5.41) is 4.28. The summed E-state index contributed by atoms with van der Waals surface area (Å²) in [5.41, 5.74) is 3.73. The van der Waals surface area contributed by atoms with Gasteiger partial charge in [-0.1, -0.05) is 65.7 Å². The molecule has 4 aromatic rings. The van der Waals surface area contributed by atoms with Crippen LogP contribution < -0.4 is 0 Å². The van der Waals surface area contributed by atoms with Gasteiger partial charge in [0.25, 0.3) is 0 Å². The standard InChI is InChI=1S/C35H36O10/c1-22-3-6-27-15-24(5-8-25(27)13-22)17-45-44-12-11-38-30-18-39-34-31(19-40-33(30)34)42-21-43-32(36)20-41-35(37)29-10-9-26-14-23(2)4-7-28(26)16-29/h3-10,13-16,30-31,33-34H,11-12,17-21H2,1-2H3/t30-,31-,33-,34-/m1/s1. The lowest BCUT2D eigenvalue weighted by Gasteiger charge is -2.17. The molecule has 2 fully saturated rings. The van der Waals surface area contributed by atoms with Gasteiger partial charge in [-0.2, -0.15) is 0 Å². The monoisotopic (exact) mass is 616 g/mol. The molecule has 0 aromatic heterocycles. The zero-order valence-electron chi connectivity index (χ0n) is 25.3. The van der Waals surface area contributed by atoms with Crippen molar-refractivity contribution < 1.29 is 47.8 Å². The number of carbonyl (C=O) groups excluding carboxylic acids is 2. The van der Waals surface area contributed by atoms with Crippen molar-refractivity contribution in [3.63, 3.8) is 0 Å². The molecule has 236 valence electrons. The number of esters is 2. The molecule has 0 bridgehead atoms. The molecule has 10 heteroatoms. The van der Waals surface area contributed by atoms with Gasteiger partial charge >= 0.3 is 11.9 Å². The Bertz CT molecular complexity index is 1650. The molecule has 0 amide bonds. The molecule has 10 nitrogen and oxygen atoms in total. The topological polar surface area (TPSA) is 108 Å². The number of ether oxygens (including phenoxy) is 6. The van der Waals surface area contributed by atoms with Gasteiger partial charge in [-0.25, -0.2) is 19.4 Å². The van der Waals surface area contributed by atoms with Gasteiger partial charge in [-0.3, -0.25) is 0 Å². The molecule has 0 radical (unpaired) electrons. The second kappa shape index (κ2) is 14.5. The summed E-state index contributed by atoms with van der Waals surface area (Å²) in [5.74, 6) is -1.33. The quantitative estimate of drug-likeness (QED) is 0.0671. The highest BCUT2D eigenvalue weighted by Crippen LogP contribution is 2.30. The first-order valence-corrected chi connectivity index (χ1v) is 15.0. The SMILES string of the molecule is Cc1ccc2cc(COOCCO[C@@H]3CO[C@H]4[C@@H]3OC[C@H]4OCOC(=O)COC(=O)c3ccc4cc(C)ccc4c3)ccc2c1. The Kier molecular flexibility index (Phi) is 10.00. The Hall–Kier alpha value is -3.90. The molecule has 6 rings (SSSR count). The van der Waals surface area contributed by atoms with Crippen LogP contribution in [0.3, 0.4) is 0 Å². The lowest BCUT2D eigenvalue weighted by molar-refractivity contribution is -0.309. The Labute approximate surface area is 260 Å². The molecule has 0 N–H and O–H groups in total. The van der Waals surface area contributed by atoms with Crippen LogP contribution in [0, 0.1) is 13.8 Å². The van der Waals surface area contributed by atoms with Crippen LogP contribution in [0.25, 0.3) is 21.5 Å². The summed E-state index contributed by atoms with van der Waals surface area (Å²) < 4.78 is 33.5. The first kappa shape index (κ1) is 31.1. The van der Waals surface area contributed by atoms with E-state index in [-0.39, 0.29) is 38.3 Å². The van der Waals surface area contributed by atoms with Gasteiger partial charge in [-0.05, 0) is 59.2 Å². The minimum atomic E-state index is -0.721. The summed E-state index contributed by atoms with van der Waals surface area (Å²) in [7, 11) is 0. The second-order valence-corrected chi connectivity index (χ2v) is 11.3. The first-order chi connectivity index (χ1) is 21.9. The molecule has 0 spiro atoms. The normalized spacial score (nSPS) is 20.8. The second-order valence-electron chi connectivity index (χ2n) is 11.3. The Morgan fingerprint density at radius 2 is 1.31 bits per heavy atom. The highest BCUT2D eigenvalue weighted by atomic mass is 17.2. The minimum absolute atomic E-state index is 0.252. The van der Waals surface area contributed by atoms with Crippen molar-refractivity contribution in [1.82, 2.24) is 0 Å². The van der Waals surface area contributed by atoms with Gasteiger partial charge in [0.05, 0.1) is 25.4 Å². The maximum atomic E-state index is 12.4. The fourth-order valence-electron chi connectivity index (χ4n) is 5.55. The smallest absolute Gasteiger partial charge is 0.346 e. The zero-order valence-corrected chi connectivity index (χ0v) is 25.3. The maximum Gasteiger partial charge on any atom is 0.346 e. The van der Waals surface area contributed by atoms with Crippen molar-refractivity contribution in [3.05, 3.63) is 95.1 Å². The molecule has 45 heavy (non-hydrogen) atoms. The van der Waals surface area contributed by atoms with Crippen molar-refractivity contribution in [2.75, 3.05) is 39.8 Å². The van der Waals surface area contributed by atoms with Crippen molar-refractivity contribution in [2.24, 2.45) is 0 Å². The van der Waals surface area contributed by atoms with Crippen LogP contribution in [-0.2, 0) is 49.6 Å². The number of hydrogen-bond acceptors (Lipinski definition) is 10. The molecule has 0 unspecified atom stereocenters. The predicted molar refractivity (Wildman–Crippen MR) is 163 cm³/mol. The van der Waals surface area contributed by atoms with Crippen LogP contribution in [-0.4, -0.2) is 76.2 Å². The van der Waals surface area contributed by atoms with Crippen LogP contribution in [0.4, 0.5) is 0 Å². The molecule has 0 aliphatic carbocycles. The Morgan fingerprint density at radius 1 is 0.689 bits per heavy atom. The summed E-state index contributed by atoms with van der Waals surface area (Å²) in [6.45, 7) is 4.74. The highest BCUT2D eigenvalue weighted by molar-refractivity contribution is 5.96. The lowest BCUT2D eigenvalue weighted by Crippen LogP contribution is -2.35. The van der Waals surface area contributed by atoms with E-state index in [2.05, 4.69) is 37.3 Å². The summed E-state index contributed by atoms with van der Waals surface area (Å²) in [4.78, 5) is 35.2. The molecule has 2 heterocycles. The zero-order chi connectivity index (χ0) is 31.2. The van der Waals surface area contributed by atoms with Gasteiger partial charge in [0.1, 0.15) is 37.6 Å². The average Bonchev–Trinajstić information content (AvgIpc) is 3.64. The summed E-state index contributed by atoms with van der Waals surface area (Å²) in [6, 6.07) is 23.7. The van der Waals surface area contributed by atoms with E-state index in [9.17, 15) is 9.59 Å². The van der Waals surface area contributed by atoms with Gasteiger partial charge < -0.3 is 28.4 Å². The highest BCUT2D eigenvalue weighted by Gasteiger charge is 2.49. The van der Waals surface area contributed by atoms with E-state index in [1.165, 1.54) is 10.9 Å². The van der Waals surface area contributed by atoms with Crippen molar-refractivity contribution in [2.45, 2.75) is 44.9 Å². The summed E-state index contributed by atoms with van der Waals surface area (Å²) in [6.07, 6.45) is -1.36. The third-order valence-corrected chi connectivity index (χ3v) is 7.88.